The van der Waals surface area contributed by atoms with Gasteiger partial charge in [0.2, 0.25) is 0 Å². The molecule has 4 heteroatoms. The van der Waals surface area contributed by atoms with Crippen LogP contribution in [0.1, 0.15) is 38.5 Å². The molecule has 21 heavy (non-hydrogen) atoms. The molecular formula is C17H24N2OS. The lowest BCUT2D eigenvalue weighted by Gasteiger charge is -2.45. The van der Waals surface area contributed by atoms with E-state index in [1.54, 1.807) is 7.11 Å². The van der Waals surface area contributed by atoms with Crippen LogP contribution >= 0.6 is 12.2 Å². The van der Waals surface area contributed by atoms with Crippen LogP contribution in [0.25, 0.3) is 0 Å². The number of nitrogens with one attached hydrogen (secondary N) is 1. The number of piperidine rings is 1. The molecule has 1 aliphatic heterocycles. The average molecular weight is 304 g/mol. The quantitative estimate of drug-likeness (QED) is 0.833. The maximum atomic E-state index is 5.68. The second-order valence-corrected chi connectivity index (χ2v) is 6.50. The Kier molecular flexibility index (Phi) is 4.63. The summed E-state index contributed by atoms with van der Waals surface area (Å²) in [5.74, 6) is 1.70. The van der Waals surface area contributed by atoms with Crippen LogP contribution in [0, 0.1) is 5.92 Å². The number of anilines is 1. The summed E-state index contributed by atoms with van der Waals surface area (Å²) in [7, 11) is 1.69. The summed E-state index contributed by atoms with van der Waals surface area (Å²) in [5, 5.41) is 4.27. The third-order valence-electron chi connectivity index (χ3n) is 4.83. The fourth-order valence-electron chi connectivity index (χ4n) is 3.77. The molecule has 3 rings (SSSR count). The van der Waals surface area contributed by atoms with Gasteiger partial charge in [0.1, 0.15) is 5.75 Å². The van der Waals surface area contributed by atoms with Crippen LogP contribution in [0.15, 0.2) is 24.3 Å². The number of likely N-dealkylation sites (tertiary alicyclic amines) is 1. The number of hydrogen-bond acceptors (Lipinski definition) is 2. The Hall–Kier alpha value is -1.29. The number of benzene rings is 1. The van der Waals surface area contributed by atoms with Crippen LogP contribution < -0.4 is 10.1 Å². The topological polar surface area (TPSA) is 24.5 Å². The molecule has 1 aromatic carbocycles. The maximum Gasteiger partial charge on any atom is 0.173 e. The van der Waals surface area contributed by atoms with Crippen molar-refractivity contribution in [1.29, 1.82) is 0 Å². The first-order valence-corrected chi connectivity index (χ1v) is 8.40. The van der Waals surface area contributed by atoms with E-state index in [1.165, 1.54) is 38.5 Å². The molecule has 1 saturated carbocycles. The minimum atomic E-state index is 0.651. The molecule has 2 atom stereocenters. The van der Waals surface area contributed by atoms with Gasteiger partial charge in [-0.25, -0.2) is 0 Å². The van der Waals surface area contributed by atoms with Gasteiger partial charge in [-0.15, -0.1) is 0 Å². The molecule has 114 valence electrons. The molecule has 1 aliphatic carbocycles. The summed E-state index contributed by atoms with van der Waals surface area (Å²) in [6.07, 6.45) is 8.06. The first-order valence-electron chi connectivity index (χ1n) is 7.99. The maximum absolute atomic E-state index is 5.68. The van der Waals surface area contributed by atoms with Crippen LogP contribution in [0.5, 0.6) is 5.75 Å². The highest BCUT2D eigenvalue weighted by molar-refractivity contribution is 7.80. The second-order valence-electron chi connectivity index (χ2n) is 6.11. The van der Waals surface area contributed by atoms with Crippen LogP contribution in [-0.4, -0.2) is 29.7 Å². The molecule has 0 aromatic heterocycles. The molecule has 0 spiro atoms. The molecule has 1 saturated heterocycles. The Labute approximate surface area is 132 Å². The lowest BCUT2D eigenvalue weighted by molar-refractivity contribution is 0.121. The van der Waals surface area contributed by atoms with Gasteiger partial charge in [0, 0.05) is 24.3 Å². The molecule has 1 heterocycles. The van der Waals surface area contributed by atoms with Crippen molar-refractivity contribution in [2.24, 2.45) is 5.92 Å². The van der Waals surface area contributed by atoms with Gasteiger partial charge in [0.15, 0.2) is 5.11 Å². The molecule has 1 N–H and O–H groups in total. The van der Waals surface area contributed by atoms with Crippen molar-refractivity contribution in [2.75, 3.05) is 19.0 Å². The van der Waals surface area contributed by atoms with Crippen molar-refractivity contribution in [3.05, 3.63) is 24.3 Å². The molecular weight excluding hydrogens is 280 g/mol. The second kappa shape index (κ2) is 6.65. The van der Waals surface area contributed by atoms with E-state index in [4.69, 9.17) is 17.0 Å². The Morgan fingerprint density at radius 3 is 2.90 bits per heavy atom. The number of thiocarbonyl (C=S) groups is 1. The monoisotopic (exact) mass is 304 g/mol. The molecule has 1 aromatic rings. The van der Waals surface area contributed by atoms with Crippen molar-refractivity contribution in [3.63, 3.8) is 0 Å². The number of hydrogen-bond donors (Lipinski definition) is 1. The number of fused-ring (bicyclic) bond motifs is 1. The zero-order valence-electron chi connectivity index (χ0n) is 12.7. The first kappa shape index (κ1) is 14.6. The van der Waals surface area contributed by atoms with Crippen LogP contribution in [-0.2, 0) is 0 Å². The average Bonchev–Trinajstić information content (AvgIpc) is 2.54. The van der Waals surface area contributed by atoms with E-state index in [0.717, 1.165) is 29.0 Å². The highest BCUT2D eigenvalue weighted by atomic mass is 32.1. The SMILES string of the molecule is COc1cccc(NC(=S)N2CCC[C@H]3CCCC[C@@H]32)c1. The number of methoxy groups -OCH3 is 1. The van der Waals surface area contributed by atoms with Gasteiger partial charge in [-0.05, 0) is 56.0 Å². The minimum Gasteiger partial charge on any atom is -0.497 e. The van der Waals surface area contributed by atoms with E-state index < -0.39 is 0 Å². The highest BCUT2D eigenvalue weighted by Crippen LogP contribution is 2.35. The van der Waals surface area contributed by atoms with E-state index in [-0.39, 0.29) is 0 Å². The normalized spacial score (nSPS) is 25.1. The number of ether oxygens (including phenoxy) is 1. The van der Waals surface area contributed by atoms with Crippen LogP contribution in [0.3, 0.4) is 0 Å². The summed E-state index contributed by atoms with van der Waals surface area (Å²) in [6, 6.07) is 8.62. The lowest BCUT2D eigenvalue weighted by atomic mass is 9.78. The van der Waals surface area contributed by atoms with Crippen molar-refractivity contribution in [1.82, 2.24) is 4.90 Å². The van der Waals surface area contributed by atoms with Crippen molar-refractivity contribution < 1.29 is 4.74 Å². The summed E-state index contributed by atoms with van der Waals surface area (Å²) < 4.78 is 5.27. The largest absolute Gasteiger partial charge is 0.497 e. The van der Waals surface area contributed by atoms with Gasteiger partial charge < -0.3 is 15.0 Å². The minimum absolute atomic E-state index is 0.651. The summed E-state index contributed by atoms with van der Waals surface area (Å²) in [6.45, 7) is 1.09. The van der Waals surface area contributed by atoms with Crippen molar-refractivity contribution in [3.8, 4) is 5.75 Å². The number of rotatable bonds is 2. The Bertz CT molecular complexity index is 503. The van der Waals surface area contributed by atoms with Crippen molar-refractivity contribution >= 4 is 23.0 Å². The predicted octanol–water partition coefficient (Wildman–Crippen LogP) is 4.05. The first-order chi connectivity index (χ1) is 10.3. The molecule has 0 amide bonds. The standard InChI is InChI=1S/C17H24N2OS/c1-20-15-9-4-8-14(12-15)18-17(21)19-11-5-7-13-6-2-3-10-16(13)19/h4,8-9,12-13,16H,2-3,5-7,10-11H2,1H3,(H,18,21)/t13-,16+/m1/s1. The molecule has 3 nitrogen and oxygen atoms in total. The van der Waals surface area contributed by atoms with Crippen molar-refractivity contribution in [2.45, 2.75) is 44.6 Å². The number of nitrogens with zero attached hydrogens (tertiary/aromatic N) is 1. The van der Waals surface area contributed by atoms with E-state index in [1.807, 2.05) is 24.3 Å². The highest BCUT2D eigenvalue weighted by Gasteiger charge is 2.34. The Morgan fingerprint density at radius 1 is 1.24 bits per heavy atom. The predicted molar refractivity (Wildman–Crippen MR) is 90.9 cm³/mol. The lowest BCUT2D eigenvalue weighted by Crippen LogP contribution is -2.51. The Morgan fingerprint density at radius 2 is 2.05 bits per heavy atom. The van der Waals surface area contributed by atoms with Gasteiger partial charge in [0.25, 0.3) is 0 Å². The molecule has 0 radical (unpaired) electrons. The third-order valence-corrected chi connectivity index (χ3v) is 5.16. The van der Waals surface area contributed by atoms with E-state index >= 15 is 0 Å². The van der Waals surface area contributed by atoms with Gasteiger partial charge in [0.05, 0.1) is 7.11 Å². The zero-order chi connectivity index (χ0) is 14.7. The van der Waals surface area contributed by atoms with Gasteiger partial charge in [-0.3, -0.25) is 0 Å². The van der Waals surface area contributed by atoms with E-state index in [0.29, 0.717) is 6.04 Å². The molecule has 2 fully saturated rings. The molecule has 2 aliphatic rings. The fraction of sp³-hybridized carbons (Fsp3) is 0.588. The van der Waals surface area contributed by atoms with E-state index in [9.17, 15) is 0 Å². The smallest absolute Gasteiger partial charge is 0.173 e. The fourth-order valence-corrected chi connectivity index (χ4v) is 4.12. The zero-order valence-corrected chi connectivity index (χ0v) is 13.5. The molecule has 0 unspecified atom stereocenters. The van der Waals surface area contributed by atoms with Gasteiger partial charge in [-0.1, -0.05) is 18.9 Å². The molecule has 0 bridgehead atoms. The summed E-state index contributed by atoms with van der Waals surface area (Å²) in [5.41, 5.74) is 1.01. The summed E-state index contributed by atoms with van der Waals surface area (Å²) in [4.78, 5) is 2.43. The van der Waals surface area contributed by atoms with Gasteiger partial charge >= 0.3 is 0 Å². The van der Waals surface area contributed by atoms with Crippen LogP contribution in [0.4, 0.5) is 5.69 Å². The van der Waals surface area contributed by atoms with E-state index in [2.05, 4.69) is 10.2 Å². The third kappa shape index (κ3) is 3.31. The van der Waals surface area contributed by atoms with Crippen LogP contribution in [0.2, 0.25) is 0 Å². The summed E-state index contributed by atoms with van der Waals surface area (Å²) >= 11 is 5.68. The Balaban J connectivity index is 1.68. The van der Waals surface area contributed by atoms with Gasteiger partial charge in [-0.2, -0.15) is 0 Å².